The van der Waals surface area contributed by atoms with Gasteiger partial charge in [0.2, 0.25) is 11.8 Å². The minimum Gasteiger partial charge on any atom is -0.508 e. The highest BCUT2D eigenvalue weighted by Crippen LogP contribution is 2.42. The second-order valence-corrected chi connectivity index (χ2v) is 5.66. The molecule has 1 saturated carbocycles. The third-order valence-electron chi connectivity index (χ3n) is 4.28. The molecule has 1 aliphatic carbocycles. The number of benzene rings is 1. The molecule has 0 unspecified atom stereocenters. The van der Waals surface area contributed by atoms with E-state index in [1.807, 2.05) is 0 Å². The van der Waals surface area contributed by atoms with Crippen molar-refractivity contribution in [3.63, 3.8) is 0 Å². The fraction of sp³-hybridized carbons (Fsp3) is 0.467. The quantitative estimate of drug-likeness (QED) is 0.787. The first kappa shape index (κ1) is 12.2. The van der Waals surface area contributed by atoms with Crippen LogP contribution in [0.5, 0.6) is 5.75 Å². The van der Waals surface area contributed by atoms with Crippen LogP contribution in [0.25, 0.3) is 0 Å². The van der Waals surface area contributed by atoms with Gasteiger partial charge in [-0.3, -0.25) is 9.59 Å². The summed E-state index contributed by atoms with van der Waals surface area (Å²) in [6.07, 6.45) is 2.60. The summed E-state index contributed by atoms with van der Waals surface area (Å²) in [5.41, 5.74) is 0.483. The number of fused-ring (bicyclic) bond motifs is 1. The van der Waals surface area contributed by atoms with Crippen molar-refractivity contribution in [2.45, 2.75) is 26.2 Å². The minimum absolute atomic E-state index is 0.0707. The maximum atomic E-state index is 12.4. The van der Waals surface area contributed by atoms with E-state index in [-0.39, 0.29) is 29.4 Å². The Labute approximate surface area is 112 Å². The molecule has 3 atom stereocenters. The van der Waals surface area contributed by atoms with Crippen LogP contribution in [0.15, 0.2) is 24.3 Å². The van der Waals surface area contributed by atoms with Crippen molar-refractivity contribution in [2.24, 2.45) is 17.8 Å². The highest BCUT2D eigenvalue weighted by Gasteiger charge is 2.49. The summed E-state index contributed by atoms with van der Waals surface area (Å²) in [4.78, 5) is 26.1. The molecule has 0 aromatic heterocycles. The minimum atomic E-state index is -0.168. The van der Waals surface area contributed by atoms with E-state index in [0.29, 0.717) is 11.6 Å². The van der Waals surface area contributed by atoms with Gasteiger partial charge >= 0.3 is 0 Å². The lowest BCUT2D eigenvalue weighted by Gasteiger charge is -2.25. The van der Waals surface area contributed by atoms with Gasteiger partial charge in [-0.25, -0.2) is 4.90 Å². The number of aromatic hydroxyl groups is 1. The Hall–Kier alpha value is -1.84. The van der Waals surface area contributed by atoms with Crippen molar-refractivity contribution >= 4 is 17.5 Å². The first-order chi connectivity index (χ1) is 9.08. The van der Waals surface area contributed by atoms with Gasteiger partial charge in [-0.05, 0) is 37.3 Å². The molecule has 1 aliphatic heterocycles. The molecule has 4 heteroatoms. The molecule has 19 heavy (non-hydrogen) atoms. The zero-order valence-electron chi connectivity index (χ0n) is 10.9. The van der Waals surface area contributed by atoms with Crippen molar-refractivity contribution < 1.29 is 14.7 Å². The molecule has 2 aliphatic rings. The predicted molar refractivity (Wildman–Crippen MR) is 70.6 cm³/mol. The van der Waals surface area contributed by atoms with Crippen LogP contribution in [0.2, 0.25) is 0 Å². The van der Waals surface area contributed by atoms with Crippen molar-refractivity contribution in [1.29, 1.82) is 0 Å². The largest absolute Gasteiger partial charge is 0.508 e. The van der Waals surface area contributed by atoms with Crippen LogP contribution < -0.4 is 4.90 Å². The number of amides is 2. The van der Waals surface area contributed by atoms with Gasteiger partial charge in [0, 0.05) is 6.07 Å². The Morgan fingerprint density at radius 2 is 1.89 bits per heavy atom. The number of anilines is 1. The summed E-state index contributed by atoms with van der Waals surface area (Å²) >= 11 is 0. The van der Waals surface area contributed by atoms with Crippen LogP contribution in [-0.4, -0.2) is 16.9 Å². The fourth-order valence-corrected chi connectivity index (χ4v) is 3.28. The summed E-state index contributed by atoms with van der Waals surface area (Å²) in [5, 5.41) is 9.50. The molecule has 100 valence electrons. The highest BCUT2D eigenvalue weighted by molar-refractivity contribution is 6.22. The van der Waals surface area contributed by atoms with Gasteiger partial charge in [0.25, 0.3) is 0 Å². The summed E-state index contributed by atoms with van der Waals surface area (Å²) in [6.45, 7) is 2.13. The van der Waals surface area contributed by atoms with Gasteiger partial charge in [-0.1, -0.05) is 13.0 Å². The molecule has 1 N–H and O–H groups in total. The molecule has 0 radical (unpaired) electrons. The second-order valence-electron chi connectivity index (χ2n) is 5.66. The molecule has 0 spiro atoms. The topological polar surface area (TPSA) is 57.6 Å². The van der Waals surface area contributed by atoms with Crippen molar-refractivity contribution in [2.75, 3.05) is 4.90 Å². The molecule has 1 saturated heterocycles. The number of phenols is 1. The van der Waals surface area contributed by atoms with Gasteiger partial charge in [0.1, 0.15) is 5.75 Å². The number of imide groups is 1. The molecular formula is C15H17NO3. The van der Waals surface area contributed by atoms with Gasteiger partial charge < -0.3 is 5.11 Å². The van der Waals surface area contributed by atoms with E-state index in [9.17, 15) is 14.7 Å². The number of carbonyl (C=O) groups is 2. The Kier molecular flexibility index (Phi) is 2.81. The molecule has 0 bridgehead atoms. The van der Waals surface area contributed by atoms with Crippen LogP contribution >= 0.6 is 0 Å². The van der Waals surface area contributed by atoms with Gasteiger partial charge in [-0.15, -0.1) is 0 Å². The first-order valence-corrected chi connectivity index (χ1v) is 6.75. The zero-order chi connectivity index (χ0) is 13.6. The van der Waals surface area contributed by atoms with Crippen molar-refractivity contribution in [3.05, 3.63) is 24.3 Å². The Balaban J connectivity index is 1.95. The maximum Gasteiger partial charge on any atom is 0.237 e. The lowest BCUT2D eigenvalue weighted by Crippen LogP contribution is -2.30. The van der Waals surface area contributed by atoms with E-state index in [2.05, 4.69) is 6.92 Å². The van der Waals surface area contributed by atoms with E-state index in [1.165, 1.54) is 17.0 Å². The average molecular weight is 259 g/mol. The molecule has 1 aromatic carbocycles. The Morgan fingerprint density at radius 3 is 2.63 bits per heavy atom. The lowest BCUT2D eigenvalue weighted by atomic mass is 9.76. The Morgan fingerprint density at radius 1 is 1.16 bits per heavy atom. The summed E-state index contributed by atoms with van der Waals surface area (Å²) in [6, 6.07) is 6.34. The Bertz CT molecular complexity index is 540. The highest BCUT2D eigenvalue weighted by atomic mass is 16.3. The van der Waals surface area contributed by atoms with E-state index in [1.54, 1.807) is 12.1 Å². The van der Waals surface area contributed by atoms with Crippen LogP contribution in [0.1, 0.15) is 26.2 Å². The summed E-state index contributed by atoms with van der Waals surface area (Å²) < 4.78 is 0. The number of rotatable bonds is 1. The van der Waals surface area contributed by atoms with Gasteiger partial charge in [-0.2, -0.15) is 0 Å². The number of nitrogens with zero attached hydrogens (tertiary/aromatic N) is 1. The average Bonchev–Trinajstić information content (AvgIpc) is 2.61. The molecule has 3 rings (SSSR count). The summed E-state index contributed by atoms with van der Waals surface area (Å²) in [5.74, 6) is 0.0350. The zero-order valence-corrected chi connectivity index (χ0v) is 10.9. The number of hydrogen-bond acceptors (Lipinski definition) is 3. The van der Waals surface area contributed by atoms with E-state index < -0.39 is 0 Å². The molecular weight excluding hydrogens is 242 g/mol. The number of phenolic OH excluding ortho intramolecular Hbond substituents is 1. The number of hydrogen-bond donors (Lipinski definition) is 1. The number of carbonyl (C=O) groups excluding carboxylic acids is 2. The van der Waals surface area contributed by atoms with Crippen molar-refractivity contribution in [1.82, 2.24) is 0 Å². The second kappa shape index (κ2) is 4.37. The fourth-order valence-electron chi connectivity index (χ4n) is 3.28. The molecule has 4 nitrogen and oxygen atoms in total. The summed E-state index contributed by atoms with van der Waals surface area (Å²) in [7, 11) is 0. The predicted octanol–water partition coefficient (Wildman–Crippen LogP) is 2.32. The third kappa shape index (κ3) is 1.91. The van der Waals surface area contributed by atoms with Crippen LogP contribution in [-0.2, 0) is 9.59 Å². The molecule has 1 aromatic rings. The van der Waals surface area contributed by atoms with E-state index in [4.69, 9.17) is 0 Å². The van der Waals surface area contributed by atoms with Crippen molar-refractivity contribution in [3.8, 4) is 5.75 Å². The van der Waals surface area contributed by atoms with Crippen LogP contribution in [0, 0.1) is 17.8 Å². The first-order valence-electron chi connectivity index (χ1n) is 6.75. The SMILES string of the molecule is C[C@H]1CC[C@H]2C(=O)N(c3cccc(O)c3)C(=O)[C@@H]2C1. The van der Waals surface area contributed by atoms with Crippen LogP contribution in [0.3, 0.4) is 0 Å². The van der Waals surface area contributed by atoms with E-state index >= 15 is 0 Å². The monoisotopic (exact) mass is 259 g/mol. The smallest absolute Gasteiger partial charge is 0.237 e. The third-order valence-corrected chi connectivity index (χ3v) is 4.28. The van der Waals surface area contributed by atoms with Crippen LogP contribution in [0.4, 0.5) is 5.69 Å². The van der Waals surface area contributed by atoms with Gasteiger partial charge in [0.15, 0.2) is 0 Å². The maximum absolute atomic E-state index is 12.4. The molecule has 2 fully saturated rings. The molecule has 1 heterocycles. The van der Waals surface area contributed by atoms with Gasteiger partial charge in [0.05, 0.1) is 17.5 Å². The lowest BCUT2D eigenvalue weighted by molar-refractivity contribution is -0.122. The molecule has 2 amide bonds. The normalized spacial score (nSPS) is 30.6. The standard InChI is InChI=1S/C15H17NO3/c1-9-5-6-12-13(7-9)15(19)16(14(12)18)10-3-2-4-11(17)8-10/h2-4,8-9,12-13,17H,5-7H2,1H3/t9-,12+,13+/m0/s1. The van der Waals surface area contributed by atoms with E-state index in [0.717, 1.165) is 19.3 Å².